The first kappa shape index (κ1) is 23.5. The number of benzene rings is 2. The van der Waals surface area contributed by atoms with E-state index >= 15 is 0 Å². The summed E-state index contributed by atoms with van der Waals surface area (Å²) in [7, 11) is 1.38. The number of nitro groups is 1. The fraction of sp³-hybridized carbons (Fsp3) is 0.360. The van der Waals surface area contributed by atoms with Gasteiger partial charge in [0.15, 0.2) is 6.61 Å². The number of imide groups is 1. The molecule has 0 spiro atoms. The van der Waals surface area contributed by atoms with Crippen molar-refractivity contribution in [2.45, 2.75) is 19.3 Å². The Labute approximate surface area is 205 Å². The van der Waals surface area contributed by atoms with E-state index in [9.17, 15) is 29.3 Å². The van der Waals surface area contributed by atoms with Gasteiger partial charge in [-0.25, -0.2) is 4.79 Å². The van der Waals surface area contributed by atoms with Crippen molar-refractivity contribution in [2.24, 2.45) is 23.7 Å². The summed E-state index contributed by atoms with van der Waals surface area (Å²) in [4.78, 5) is 62.8. The Kier molecular flexibility index (Phi) is 5.91. The van der Waals surface area contributed by atoms with Crippen molar-refractivity contribution in [1.29, 1.82) is 0 Å². The normalized spacial score (nSPS) is 24.0. The van der Waals surface area contributed by atoms with Gasteiger partial charge in [0.2, 0.25) is 11.8 Å². The number of methoxy groups -OCH3 is 1. The first-order valence-corrected chi connectivity index (χ1v) is 11.6. The average Bonchev–Trinajstić information content (AvgIpc) is 3.55. The molecule has 2 saturated carbocycles. The maximum Gasteiger partial charge on any atom is 0.338 e. The third-order valence-electron chi connectivity index (χ3n) is 7.28. The van der Waals surface area contributed by atoms with Gasteiger partial charge in [0, 0.05) is 12.1 Å². The molecule has 3 amide bonds. The summed E-state index contributed by atoms with van der Waals surface area (Å²) >= 11 is 0. The van der Waals surface area contributed by atoms with Gasteiger partial charge in [0.1, 0.15) is 11.4 Å². The topological polar surface area (TPSA) is 145 Å². The molecular formula is C25H23N3O8. The average molecular weight is 493 g/mol. The standard InChI is InChI=1S/C25H23N3O8/c1-35-17-7-8-19(28(33)34)18(11-17)26-20(29)12-36-25(32)15-3-2-4-16(10-15)27-23(30)21-13-5-6-14(9-13)22(21)24(27)31/h2-4,7-8,10-11,13-14,21-22H,5-6,9,12H2,1H3,(H,26,29)/t13-,14-,21+,22+/m0/s1. The van der Waals surface area contributed by atoms with Crippen LogP contribution in [0.3, 0.4) is 0 Å². The molecule has 11 nitrogen and oxygen atoms in total. The summed E-state index contributed by atoms with van der Waals surface area (Å²) in [5.74, 6) is -1.85. The van der Waals surface area contributed by atoms with Gasteiger partial charge in [-0.1, -0.05) is 6.07 Å². The quantitative estimate of drug-likeness (QED) is 0.268. The number of rotatable bonds is 7. The van der Waals surface area contributed by atoms with Gasteiger partial charge in [0.25, 0.3) is 11.6 Å². The Morgan fingerprint density at radius 2 is 1.78 bits per heavy atom. The van der Waals surface area contributed by atoms with E-state index in [-0.39, 0.29) is 52.4 Å². The Bertz CT molecular complexity index is 1260. The number of nitrogens with zero attached hydrogens (tertiary/aromatic N) is 2. The monoisotopic (exact) mass is 493 g/mol. The molecule has 5 rings (SSSR count). The largest absolute Gasteiger partial charge is 0.497 e. The molecular weight excluding hydrogens is 470 g/mol. The van der Waals surface area contributed by atoms with E-state index in [2.05, 4.69) is 5.32 Å². The Balaban J connectivity index is 1.25. The minimum absolute atomic E-state index is 0.0632. The summed E-state index contributed by atoms with van der Waals surface area (Å²) in [6.45, 7) is -0.702. The summed E-state index contributed by atoms with van der Waals surface area (Å²) in [5, 5.41) is 13.6. The molecule has 1 aliphatic heterocycles. The highest BCUT2D eigenvalue weighted by Crippen LogP contribution is 2.56. The summed E-state index contributed by atoms with van der Waals surface area (Å²) in [6, 6.07) is 9.82. The van der Waals surface area contributed by atoms with E-state index in [0.717, 1.165) is 19.3 Å². The van der Waals surface area contributed by atoms with Crippen LogP contribution in [0.1, 0.15) is 29.6 Å². The number of fused-ring (bicyclic) bond motifs is 5. The van der Waals surface area contributed by atoms with Crippen LogP contribution in [0.25, 0.3) is 0 Å². The van der Waals surface area contributed by atoms with Crippen molar-refractivity contribution < 1.29 is 33.6 Å². The van der Waals surface area contributed by atoms with Crippen molar-refractivity contribution in [3.8, 4) is 5.75 Å². The molecule has 3 fully saturated rings. The molecule has 186 valence electrons. The molecule has 11 heteroatoms. The maximum absolute atomic E-state index is 13.1. The molecule has 1 saturated heterocycles. The highest BCUT2D eigenvalue weighted by atomic mass is 16.6. The molecule has 1 N–H and O–H groups in total. The number of carbonyl (C=O) groups excluding carboxylic acids is 4. The maximum atomic E-state index is 13.1. The molecule has 3 aliphatic rings. The van der Waals surface area contributed by atoms with Crippen molar-refractivity contribution in [2.75, 3.05) is 23.9 Å². The van der Waals surface area contributed by atoms with Gasteiger partial charge in [-0.15, -0.1) is 0 Å². The minimum Gasteiger partial charge on any atom is -0.497 e. The van der Waals surface area contributed by atoms with Crippen molar-refractivity contribution in [3.05, 3.63) is 58.1 Å². The Morgan fingerprint density at radius 1 is 1.08 bits per heavy atom. The number of amides is 3. The molecule has 2 aromatic rings. The molecule has 0 aromatic heterocycles. The van der Waals surface area contributed by atoms with Gasteiger partial charge in [-0.3, -0.25) is 29.4 Å². The lowest BCUT2D eigenvalue weighted by Crippen LogP contribution is -2.32. The SMILES string of the molecule is COc1ccc([N+](=O)[O-])c(NC(=O)COC(=O)c2cccc(N3C(=O)[C@@H]4[C@H]5CC[C@@H](C5)[C@H]4C3=O)c2)c1. The zero-order valence-electron chi connectivity index (χ0n) is 19.3. The van der Waals surface area contributed by atoms with Crippen LogP contribution in [0, 0.1) is 33.8 Å². The van der Waals surface area contributed by atoms with E-state index in [4.69, 9.17) is 9.47 Å². The van der Waals surface area contributed by atoms with Crippen LogP contribution in [-0.2, 0) is 19.1 Å². The lowest BCUT2D eigenvalue weighted by Gasteiger charge is -2.19. The molecule has 36 heavy (non-hydrogen) atoms. The van der Waals surface area contributed by atoms with Crippen LogP contribution in [0.15, 0.2) is 42.5 Å². The van der Waals surface area contributed by atoms with Gasteiger partial charge in [0.05, 0.1) is 35.1 Å². The number of nitrogens with one attached hydrogen (secondary N) is 1. The van der Waals surface area contributed by atoms with E-state index < -0.39 is 23.4 Å². The van der Waals surface area contributed by atoms with Crippen LogP contribution in [0.4, 0.5) is 17.1 Å². The molecule has 0 radical (unpaired) electrons. The fourth-order valence-corrected chi connectivity index (χ4v) is 5.74. The van der Waals surface area contributed by atoms with Crippen LogP contribution in [-0.4, -0.2) is 42.3 Å². The van der Waals surface area contributed by atoms with Gasteiger partial charge in [-0.2, -0.15) is 0 Å². The van der Waals surface area contributed by atoms with E-state index in [1.165, 1.54) is 48.4 Å². The highest BCUT2D eigenvalue weighted by Gasteiger charge is 2.61. The van der Waals surface area contributed by atoms with Crippen molar-refractivity contribution >= 4 is 40.8 Å². The van der Waals surface area contributed by atoms with E-state index in [1.807, 2.05) is 0 Å². The first-order chi connectivity index (χ1) is 17.3. The van der Waals surface area contributed by atoms with E-state index in [0.29, 0.717) is 11.4 Å². The van der Waals surface area contributed by atoms with Crippen LogP contribution in [0.5, 0.6) is 5.75 Å². The zero-order chi connectivity index (χ0) is 25.6. The Hall–Kier alpha value is -4.28. The number of hydrogen-bond donors (Lipinski definition) is 1. The van der Waals surface area contributed by atoms with Crippen LogP contribution >= 0.6 is 0 Å². The molecule has 2 bridgehead atoms. The molecule has 2 aromatic carbocycles. The highest BCUT2D eigenvalue weighted by molar-refractivity contribution is 6.22. The predicted octanol–water partition coefficient (Wildman–Crippen LogP) is 2.93. The number of ether oxygens (including phenoxy) is 2. The summed E-state index contributed by atoms with van der Waals surface area (Å²) in [6.07, 6.45) is 2.85. The third kappa shape index (κ3) is 3.96. The molecule has 4 atom stereocenters. The number of esters is 1. The first-order valence-electron chi connectivity index (χ1n) is 11.6. The number of hydrogen-bond acceptors (Lipinski definition) is 8. The second-order valence-corrected chi connectivity index (χ2v) is 9.21. The minimum atomic E-state index is -0.841. The molecule has 2 aliphatic carbocycles. The Morgan fingerprint density at radius 3 is 2.42 bits per heavy atom. The number of nitro benzene ring substituents is 1. The fourth-order valence-electron chi connectivity index (χ4n) is 5.74. The van der Waals surface area contributed by atoms with Crippen LogP contribution < -0.4 is 15.0 Å². The van der Waals surface area contributed by atoms with Gasteiger partial charge >= 0.3 is 5.97 Å². The third-order valence-corrected chi connectivity index (χ3v) is 7.28. The predicted molar refractivity (Wildman–Crippen MR) is 125 cm³/mol. The second kappa shape index (κ2) is 9.06. The summed E-state index contributed by atoms with van der Waals surface area (Å²) < 4.78 is 10.1. The number of anilines is 2. The number of carbonyl (C=O) groups is 4. The van der Waals surface area contributed by atoms with Crippen molar-refractivity contribution in [1.82, 2.24) is 0 Å². The molecule has 0 unspecified atom stereocenters. The lowest BCUT2D eigenvalue weighted by atomic mass is 9.81. The van der Waals surface area contributed by atoms with Gasteiger partial charge in [-0.05, 0) is 55.4 Å². The zero-order valence-corrected chi connectivity index (χ0v) is 19.3. The smallest absolute Gasteiger partial charge is 0.338 e. The molecule has 1 heterocycles. The van der Waals surface area contributed by atoms with Gasteiger partial charge < -0.3 is 14.8 Å². The van der Waals surface area contributed by atoms with E-state index in [1.54, 1.807) is 6.07 Å². The lowest BCUT2D eigenvalue weighted by molar-refractivity contribution is -0.383. The van der Waals surface area contributed by atoms with Crippen LogP contribution in [0.2, 0.25) is 0 Å². The van der Waals surface area contributed by atoms with Crippen molar-refractivity contribution in [3.63, 3.8) is 0 Å². The summed E-state index contributed by atoms with van der Waals surface area (Å²) in [5.41, 5.74) is -0.0905. The second-order valence-electron chi connectivity index (χ2n) is 9.21.